The standard InChI is InChI=1S/C18H15N2O5P/c21-20(22)16-13-11-15(12-14-16)19-26(23,24-17-7-3-1-4-8-17)25-18-9-5-2-6-10-18/h1-14H,(H,19,23). The van der Waals surface area contributed by atoms with E-state index in [2.05, 4.69) is 5.09 Å². The summed E-state index contributed by atoms with van der Waals surface area (Å²) >= 11 is 0. The monoisotopic (exact) mass is 370 g/mol. The lowest BCUT2D eigenvalue weighted by Crippen LogP contribution is -2.09. The topological polar surface area (TPSA) is 90.7 Å². The van der Waals surface area contributed by atoms with Gasteiger partial charge in [-0.1, -0.05) is 36.4 Å². The highest BCUT2D eigenvalue weighted by molar-refractivity contribution is 7.56. The molecule has 0 amide bonds. The molecule has 0 bridgehead atoms. The minimum Gasteiger partial charge on any atom is -0.400 e. The van der Waals surface area contributed by atoms with Crippen LogP contribution in [0.25, 0.3) is 0 Å². The highest BCUT2D eigenvalue weighted by Gasteiger charge is 2.29. The number of benzene rings is 3. The summed E-state index contributed by atoms with van der Waals surface area (Å²) in [6.07, 6.45) is 0. The number of hydrogen-bond donors (Lipinski definition) is 1. The van der Waals surface area contributed by atoms with Crippen molar-refractivity contribution in [2.24, 2.45) is 0 Å². The first kappa shape index (κ1) is 17.5. The molecule has 7 nitrogen and oxygen atoms in total. The average molecular weight is 370 g/mol. The van der Waals surface area contributed by atoms with Crippen LogP contribution in [0.2, 0.25) is 0 Å². The van der Waals surface area contributed by atoms with Crippen LogP contribution in [0.5, 0.6) is 11.5 Å². The van der Waals surface area contributed by atoms with Gasteiger partial charge < -0.3 is 9.05 Å². The maximum atomic E-state index is 13.3. The zero-order valence-electron chi connectivity index (χ0n) is 13.5. The van der Waals surface area contributed by atoms with E-state index in [1.165, 1.54) is 24.3 Å². The first-order chi connectivity index (χ1) is 12.5. The van der Waals surface area contributed by atoms with Crippen molar-refractivity contribution < 1.29 is 18.5 Å². The van der Waals surface area contributed by atoms with Crippen molar-refractivity contribution in [1.29, 1.82) is 0 Å². The molecule has 1 N–H and O–H groups in total. The molecule has 0 atom stereocenters. The Labute approximate surface area is 149 Å². The van der Waals surface area contributed by atoms with Gasteiger partial charge in [-0.25, -0.2) is 4.57 Å². The molecule has 0 spiro atoms. The number of nitro groups is 1. The SMILES string of the molecule is O=[N+]([O-])c1ccc(NP(=O)(Oc2ccccc2)Oc2ccccc2)cc1. The highest BCUT2D eigenvalue weighted by atomic mass is 31.2. The zero-order valence-corrected chi connectivity index (χ0v) is 14.4. The van der Waals surface area contributed by atoms with E-state index in [0.717, 1.165) is 0 Å². The molecule has 0 heterocycles. The smallest absolute Gasteiger partial charge is 0.400 e. The average Bonchev–Trinajstić information content (AvgIpc) is 2.63. The minimum absolute atomic E-state index is 0.0710. The third-order valence-corrected chi connectivity index (χ3v) is 4.72. The molecule has 0 aromatic heterocycles. The normalized spacial score (nSPS) is 10.8. The van der Waals surface area contributed by atoms with Crippen molar-refractivity contribution in [2.75, 3.05) is 5.09 Å². The highest BCUT2D eigenvalue weighted by Crippen LogP contribution is 2.48. The third-order valence-electron chi connectivity index (χ3n) is 3.28. The Morgan fingerprint density at radius 2 is 1.23 bits per heavy atom. The first-order valence-corrected chi connectivity index (χ1v) is 9.20. The van der Waals surface area contributed by atoms with Crippen LogP contribution in [0, 0.1) is 10.1 Å². The van der Waals surface area contributed by atoms with Crippen molar-refractivity contribution >= 4 is 19.1 Å². The molecule has 0 aliphatic rings. The molecular weight excluding hydrogens is 355 g/mol. The van der Waals surface area contributed by atoms with Crippen molar-refractivity contribution in [3.63, 3.8) is 0 Å². The first-order valence-electron chi connectivity index (χ1n) is 7.66. The predicted octanol–water partition coefficient (Wildman–Crippen LogP) is 5.27. The van der Waals surface area contributed by atoms with E-state index in [-0.39, 0.29) is 5.69 Å². The summed E-state index contributed by atoms with van der Waals surface area (Å²) in [7, 11) is -3.84. The fourth-order valence-electron chi connectivity index (χ4n) is 2.12. The summed E-state index contributed by atoms with van der Waals surface area (Å²) in [5.74, 6) is 0.724. The van der Waals surface area contributed by atoms with Crippen LogP contribution in [0.1, 0.15) is 0 Å². The second kappa shape index (κ2) is 7.72. The Morgan fingerprint density at radius 3 is 1.65 bits per heavy atom. The number of para-hydroxylation sites is 2. The summed E-state index contributed by atoms with van der Waals surface area (Å²) in [6, 6.07) is 22.7. The molecule has 0 saturated heterocycles. The van der Waals surface area contributed by atoms with Crippen molar-refractivity contribution in [2.45, 2.75) is 0 Å². The summed E-state index contributed by atoms with van der Waals surface area (Å²) in [5, 5.41) is 13.5. The third kappa shape index (κ3) is 4.62. The Morgan fingerprint density at radius 1 is 0.769 bits per heavy atom. The van der Waals surface area contributed by atoms with Crippen LogP contribution in [0.4, 0.5) is 11.4 Å². The van der Waals surface area contributed by atoms with Gasteiger partial charge in [0.1, 0.15) is 11.5 Å². The van der Waals surface area contributed by atoms with Crippen LogP contribution in [-0.4, -0.2) is 4.92 Å². The lowest BCUT2D eigenvalue weighted by atomic mass is 10.3. The maximum Gasteiger partial charge on any atom is 0.541 e. The molecule has 0 aliphatic carbocycles. The van der Waals surface area contributed by atoms with E-state index in [1.807, 2.05) is 0 Å². The Bertz CT molecular complexity index is 872. The van der Waals surface area contributed by atoms with E-state index < -0.39 is 12.7 Å². The number of non-ortho nitro benzene ring substituents is 1. The molecule has 0 aliphatic heterocycles. The van der Waals surface area contributed by atoms with Crippen molar-refractivity contribution in [3.05, 3.63) is 95.0 Å². The zero-order chi connectivity index (χ0) is 18.4. The van der Waals surface area contributed by atoms with Crippen molar-refractivity contribution in [3.8, 4) is 11.5 Å². The van der Waals surface area contributed by atoms with Gasteiger partial charge in [0.2, 0.25) is 0 Å². The molecule has 3 rings (SSSR count). The molecule has 26 heavy (non-hydrogen) atoms. The second-order valence-electron chi connectivity index (χ2n) is 5.22. The van der Waals surface area contributed by atoms with E-state index in [1.54, 1.807) is 60.7 Å². The molecule has 3 aromatic rings. The Hall–Kier alpha value is -3.31. The summed E-state index contributed by atoms with van der Waals surface area (Å²) < 4.78 is 24.4. The van der Waals surface area contributed by atoms with Gasteiger partial charge in [0.05, 0.1) is 4.92 Å². The molecule has 3 aromatic carbocycles. The molecule has 0 saturated carbocycles. The fraction of sp³-hybridized carbons (Fsp3) is 0. The number of hydrogen-bond acceptors (Lipinski definition) is 5. The Kier molecular flexibility index (Phi) is 5.20. The van der Waals surface area contributed by atoms with Gasteiger partial charge >= 0.3 is 7.75 Å². The lowest BCUT2D eigenvalue weighted by Gasteiger charge is -2.21. The van der Waals surface area contributed by atoms with Gasteiger partial charge in [-0.05, 0) is 36.4 Å². The van der Waals surface area contributed by atoms with Crippen LogP contribution in [0.3, 0.4) is 0 Å². The number of rotatable bonds is 7. The summed E-state index contributed by atoms with van der Waals surface area (Å²) in [4.78, 5) is 10.3. The largest absolute Gasteiger partial charge is 0.541 e. The van der Waals surface area contributed by atoms with Crippen LogP contribution in [-0.2, 0) is 4.57 Å². The number of nitro benzene ring substituents is 1. The van der Waals surface area contributed by atoms with Gasteiger partial charge in [-0.15, -0.1) is 0 Å². The van der Waals surface area contributed by atoms with Gasteiger partial charge in [0.15, 0.2) is 0 Å². The van der Waals surface area contributed by atoms with E-state index in [4.69, 9.17) is 9.05 Å². The van der Waals surface area contributed by atoms with Gasteiger partial charge in [0.25, 0.3) is 5.69 Å². The number of anilines is 1. The maximum absolute atomic E-state index is 13.3. The van der Waals surface area contributed by atoms with Gasteiger partial charge in [-0.2, -0.15) is 0 Å². The summed E-state index contributed by atoms with van der Waals surface area (Å²) in [5.41, 5.74) is 0.295. The van der Waals surface area contributed by atoms with E-state index in [0.29, 0.717) is 17.2 Å². The lowest BCUT2D eigenvalue weighted by molar-refractivity contribution is -0.384. The molecule has 0 unspecified atom stereocenters. The number of nitrogens with one attached hydrogen (secondary N) is 1. The van der Waals surface area contributed by atoms with Gasteiger partial charge in [-0.3, -0.25) is 15.2 Å². The van der Waals surface area contributed by atoms with Gasteiger partial charge in [0, 0.05) is 17.8 Å². The van der Waals surface area contributed by atoms with E-state index in [9.17, 15) is 14.7 Å². The van der Waals surface area contributed by atoms with E-state index >= 15 is 0 Å². The molecule has 132 valence electrons. The van der Waals surface area contributed by atoms with Crippen molar-refractivity contribution in [1.82, 2.24) is 0 Å². The minimum atomic E-state index is -3.84. The fourth-order valence-corrected chi connectivity index (χ4v) is 3.51. The summed E-state index contributed by atoms with van der Waals surface area (Å²) in [6.45, 7) is 0. The molecule has 8 heteroatoms. The number of nitrogens with zero attached hydrogens (tertiary/aromatic N) is 1. The molecule has 0 fully saturated rings. The van der Waals surface area contributed by atoms with Crippen LogP contribution < -0.4 is 14.1 Å². The Balaban J connectivity index is 1.86. The van der Waals surface area contributed by atoms with Crippen LogP contribution in [0.15, 0.2) is 84.9 Å². The molecule has 0 radical (unpaired) electrons. The van der Waals surface area contributed by atoms with Crippen LogP contribution >= 0.6 is 7.75 Å². The quantitative estimate of drug-likeness (QED) is 0.346. The second-order valence-corrected chi connectivity index (χ2v) is 6.81. The predicted molar refractivity (Wildman–Crippen MR) is 98.5 cm³/mol. The molecular formula is C18H15N2O5P.